The van der Waals surface area contributed by atoms with E-state index in [1.54, 1.807) is 0 Å². The molecule has 2 rings (SSSR count). The molecule has 0 aromatic rings. The summed E-state index contributed by atoms with van der Waals surface area (Å²) < 4.78 is 0. The molecule has 0 amide bonds. The van der Waals surface area contributed by atoms with Crippen molar-refractivity contribution in [2.75, 3.05) is 32.7 Å². The Kier molecular flexibility index (Phi) is 4.66. The Labute approximate surface area is 101 Å². The van der Waals surface area contributed by atoms with Gasteiger partial charge in [-0.25, -0.2) is 0 Å². The Morgan fingerprint density at radius 1 is 1.31 bits per heavy atom. The predicted molar refractivity (Wildman–Crippen MR) is 69.6 cm³/mol. The van der Waals surface area contributed by atoms with Gasteiger partial charge in [0, 0.05) is 6.54 Å². The lowest BCUT2D eigenvalue weighted by Crippen LogP contribution is -2.23. The van der Waals surface area contributed by atoms with E-state index in [4.69, 9.17) is 0 Å². The highest BCUT2D eigenvalue weighted by Crippen LogP contribution is 2.24. The van der Waals surface area contributed by atoms with Crippen LogP contribution >= 0.6 is 0 Å². The van der Waals surface area contributed by atoms with Gasteiger partial charge in [-0.1, -0.05) is 13.8 Å². The summed E-state index contributed by atoms with van der Waals surface area (Å²) in [7, 11) is 0. The lowest BCUT2D eigenvalue weighted by Gasteiger charge is -2.18. The van der Waals surface area contributed by atoms with Gasteiger partial charge in [-0.15, -0.1) is 0 Å². The van der Waals surface area contributed by atoms with Gasteiger partial charge < -0.3 is 10.2 Å². The number of nitrogens with zero attached hydrogens (tertiary/aromatic N) is 1. The largest absolute Gasteiger partial charge is 0.316 e. The van der Waals surface area contributed by atoms with E-state index in [0.717, 1.165) is 17.8 Å². The predicted octanol–water partition coefficient (Wildman–Crippen LogP) is 2.35. The summed E-state index contributed by atoms with van der Waals surface area (Å²) in [6.45, 7) is 11.3. The zero-order valence-electron chi connectivity index (χ0n) is 11.0. The van der Waals surface area contributed by atoms with Crippen LogP contribution in [-0.2, 0) is 0 Å². The number of rotatable bonds is 5. The number of nitrogens with one attached hydrogen (secondary N) is 1. The molecule has 0 radical (unpaired) electrons. The van der Waals surface area contributed by atoms with Crippen LogP contribution in [0.15, 0.2) is 0 Å². The molecule has 2 saturated heterocycles. The fourth-order valence-corrected chi connectivity index (χ4v) is 3.17. The molecule has 0 aliphatic carbocycles. The third kappa shape index (κ3) is 3.46. The van der Waals surface area contributed by atoms with Crippen molar-refractivity contribution in [3.05, 3.63) is 0 Å². The summed E-state index contributed by atoms with van der Waals surface area (Å²) in [6, 6.07) is 0. The normalized spacial score (nSPS) is 31.7. The molecule has 0 aromatic heterocycles. The summed E-state index contributed by atoms with van der Waals surface area (Å²) in [5.74, 6) is 2.82. The van der Waals surface area contributed by atoms with Crippen molar-refractivity contribution in [1.29, 1.82) is 0 Å². The van der Waals surface area contributed by atoms with Crippen molar-refractivity contribution in [2.24, 2.45) is 17.8 Å². The van der Waals surface area contributed by atoms with Gasteiger partial charge in [-0.05, 0) is 69.6 Å². The summed E-state index contributed by atoms with van der Waals surface area (Å²) in [6.07, 6.45) is 5.70. The Morgan fingerprint density at radius 2 is 2.19 bits per heavy atom. The van der Waals surface area contributed by atoms with Crippen molar-refractivity contribution in [1.82, 2.24) is 10.2 Å². The monoisotopic (exact) mass is 224 g/mol. The molecule has 1 N–H and O–H groups in total. The van der Waals surface area contributed by atoms with Crippen molar-refractivity contribution in [3.8, 4) is 0 Å². The third-order valence-corrected chi connectivity index (χ3v) is 4.50. The van der Waals surface area contributed by atoms with Crippen LogP contribution in [-0.4, -0.2) is 37.6 Å². The van der Waals surface area contributed by atoms with Crippen LogP contribution in [0.5, 0.6) is 0 Å². The van der Waals surface area contributed by atoms with Crippen molar-refractivity contribution in [3.63, 3.8) is 0 Å². The molecule has 2 aliphatic heterocycles. The molecule has 2 nitrogen and oxygen atoms in total. The maximum Gasteiger partial charge on any atom is 0.00126 e. The maximum absolute atomic E-state index is 3.46. The first kappa shape index (κ1) is 12.4. The first-order valence-corrected chi connectivity index (χ1v) is 7.19. The Bertz CT molecular complexity index is 197. The highest BCUT2D eigenvalue weighted by atomic mass is 15.1. The molecule has 2 fully saturated rings. The van der Waals surface area contributed by atoms with Gasteiger partial charge in [-0.3, -0.25) is 0 Å². The molecule has 2 heterocycles. The van der Waals surface area contributed by atoms with Crippen LogP contribution in [0.2, 0.25) is 0 Å². The second kappa shape index (κ2) is 6.02. The lowest BCUT2D eigenvalue weighted by atomic mass is 9.95. The fraction of sp³-hybridized carbons (Fsp3) is 1.00. The van der Waals surface area contributed by atoms with E-state index in [1.807, 2.05) is 0 Å². The van der Waals surface area contributed by atoms with Crippen LogP contribution in [0.25, 0.3) is 0 Å². The summed E-state index contributed by atoms with van der Waals surface area (Å²) in [4.78, 5) is 2.69. The molecule has 0 bridgehead atoms. The van der Waals surface area contributed by atoms with Gasteiger partial charge in [0.05, 0.1) is 0 Å². The standard InChI is InChI=1S/C14H28N2/c1-12(2)14-6-9-16(11-14)8-3-4-13-5-7-15-10-13/h12-15H,3-11H2,1-2H3. The highest BCUT2D eigenvalue weighted by molar-refractivity contribution is 4.78. The van der Waals surface area contributed by atoms with Gasteiger partial charge in [0.15, 0.2) is 0 Å². The van der Waals surface area contributed by atoms with E-state index in [9.17, 15) is 0 Å². The van der Waals surface area contributed by atoms with E-state index in [-0.39, 0.29) is 0 Å². The Balaban J connectivity index is 1.57. The van der Waals surface area contributed by atoms with E-state index in [1.165, 1.54) is 58.4 Å². The average molecular weight is 224 g/mol. The first-order valence-electron chi connectivity index (χ1n) is 7.19. The molecule has 0 spiro atoms. The molecule has 2 unspecified atom stereocenters. The molecule has 16 heavy (non-hydrogen) atoms. The zero-order chi connectivity index (χ0) is 11.4. The van der Waals surface area contributed by atoms with Crippen LogP contribution < -0.4 is 5.32 Å². The second-order valence-electron chi connectivity index (χ2n) is 6.09. The first-order chi connectivity index (χ1) is 7.75. The zero-order valence-corrected chi connectivity index (χ0v) is 11.0. The fourth-order valence-electron chi connectivity index (χ4n) is 3.17. The number of hydrogen-bond acceptors (Lipinski definition) is 2. The van der Waals surface area contributed by atoms with Gasteiger partial charge in [-0.2, -0.15) is 0 Å². The van der Waals surface area contributed by atoms with Crippen molar-refractivity contribution >= 4 is 0 Å². The smallest absolute Gasteiger partial charge is 0.00126 e. The second-order valence-corrected chi connectivity index (χ2v) is 6.09. The molecule has 2 aliphatic rings. The van der Waals surface area contributed by atoms with Crippen LogP contribution in [0, 0.1) is 17.8 Å². The Hall–Kier alpha value is -0.0800. The van der Waals surface area contributed by atoms with Gasteiger partial charge in [0.25, 0.3) is 0 Å². The third-order valence-electron chi connectivity index (χ3n) is 4.50. The summed E-state index contributed by atoms with van der Waals surface area (Å²) in [5, 5.41) is 3.46. The minimum atomic E-state index is 0.879. The number of likely N-dealkylation sites (tertiary alicyclic amines) is 1. The molecule has 94 valence electrons. The van der Waals surface area contributed by atoms with Crippen LogP contribution in [0.4, 0.5) is 0 Å². The molecule has 2 atom stereocenters. The van der Waals surface area contributed by atoms with Crippen molar-refractivity contribution in [2.45, 2.75) is 39.5 Å². The van der Waals surface area contributed by atoms with E-state index >= 15 is 0 Å². The van der Waals surface area contributed by atoms with Gasteiger partial charge in [0.1, 0.15) is 0 Å². The SMILES string of the molecule is CC(C)C1CCN(CCCC2CCNC2)C1. The van der Waals surface area contributed by atoms with E-state index < -0.39 is 0 Å². The van der Waals surface area contributed by atoms with Gasteiger partial charge in [0.2, 0.25) is 0 Å². The highest BCUT2D eigenvalue weighted by Gasteiger charge is 2.24. The minimum absolute atomic E-state index is 0.879. The average Bonchev–Trinajstić information content (AvgIpc) is 2.87. The van der Waals surface area contributed by atoms with Crippen LogP contribution in [0.1, 0.15) is 39.5 Å². The topological polar surface area (TPSA) is 15.3 Å². The van der Waals surface area contributed by atoms with Gasteiger partial charge >= 0.3 is 0 Å². The minimum Gasteiger partial charge on any atom is -0.316 e. The summed E-state index contributed by atoms with van der Waals surface area (Å²) in [5.41, 5.74) is 0. The lowest BCUT2D eigenvalue weighted by molar-refractivity contribution is 0.290. The van der Waals surface area contributed by atoms with Crippen LogP contribution in [0.3, 0.4) is 0 Å². The molecule has 0 saturated carbocycles. The van der Waals surface area contributed by atoms with Crippen molar-refractivity contribution < 1.29 is 0 Å². The number of hydrogen-bond donors (Lipinski definition) is 1. The molecular formula is C14H28N2. The molecule has 0 aromatic carbocycles. The Morgan fingerprint density at radius 3 is 2.81 bits per heavy atom. The quantitative estimate of drug-likeness (QED) is 0.771. The molecular weight excluding hydrogens is 196 g/mol. The van der Waals surface area contributed by atoms with E-state index in [2.05, 4.69) is 24.1 Å². The molecule has 2 heteroatoms. The summed E-state index contributed by atoms with van der Waals surface area (Å²) >= 11 is 0. The maximum atomic E-state index is 3.46. The van der Waals surface area contributed by atoms with E-state index in [0.29, 0.717) is 0 Å².